The molecular weight excluding hydrogens is 304 g/mol. The molecule has 1 aromatic carbocycles. The molecule has 4 rings (SSSR count). The Hall–Kier alpha value is -1.34. The van der Waals surface area contributed by atoms with Gasteiger partial charge in [-0.1, -0.05) is 87.1 Å². The molecule has 2 heterocycles. The van der Waals surface area contributed by atoms with E-state index in [0.717, 1.165) is 0 Å². The Morgan fingerprint density at radius 2 is 1.52 bits per heavy atom. The van der Waals surface area contributed by atoms with Crippen LogP contribution >= 0.6 is 0 Å². The molecular formula is C24H32O. The normalized spacial score (nSPS) is 29.2. The van der Waals surface area contributed by atoms with Crippen LogP contribution in [0.5, 0.6) is 0 Å². The van der Waals surface area contributed by atoms with Crippen LogP contribution in [0.2, 0.25) is 0 Å². The fourth-order valence-electron chi connectivity index (χ4n) is 5.11. The number of hydrogen-bond acceptors (Lipinski definition) is 1. The SMILES string of the molecule is CCCCCC1=C[C@H]2[C@@H](C(CCCCC)=C1)[C@H]1O[C@@H]2c2ccccc21. The van der Waals surface area contributed by atoms with Crippen molar-refractivity contribution in [3.63, 3.8) is 0 Å². The van der Waals surface area contributed by atoms with E-state index >= 15 is 0 Å². The van der Waals surface area contributed by atoms with E-state index in [0.29, 0.717) is 24.0 Å². The summed E-state index contributed by atoms with van der Waals surface area (Å²) in [5.41, 5.74) is 6.16. The van der Waals surface area contributed by atoms with Gasteiger partial charge in [-0.05, 0) is 36.8 Å². The van der Waals surface area contributed by atoms with Crippen molar-refractivity contribution in [2.75, 3.05) is 0 Å². The van der Waals surface area contributed by atoms with E-state index in [2.05, 4.69) is 50.3 Å². The summed E-state index contributed by atoms with van der Waals surface area (Å²) in [7, 11) is 0. The number of ether oxygens (including phenoxy) is 1. The Morgan fingerprint density at radius 3 is 2.24 bits per heavy atom. The largest absolute Gasteiger partial charge is 0.364 e. The lowest BCUT2D eigenvalue weighted by Crippen LogP contribution is -2.25. The number of rotatable bonds is 8. The number of hydrogen-bond donors (Lipinski definition) is 0. The molecule has 2 aliphatic heterocycles. The van der Waals surface area contributed by atoms with E-state index < -0.39 is 0 Å². The molecule has 0 radical (unpaired) electrons. The molecule has 0 N–H and O–H groups in total. The molecule has 134 valence electrons. The molecule has 1 saturated heterocycles. The zero-order valence-corrected chi connectivity index (χ0v) is 15.8. The fourth-order valence-corrected chi connectivity index (χ4v) is 5.11. The third kappa shape index (κ3) is 3.12. The van der Waals surface area contributed by atoms with Crippen molar-refractivity contribution >= 4 is 0 Å². The van der Waals surface area contributed by atoms with Crippen molar-refractivity contribution in [1.29, 1.82) is 0 Å². The van der Waals surface area contributed by atoms with Crippen LogP contribution < -0.4 is 0 Å². The predicted molar refractivity (Wildman–Crippen MR) is 104 cm³/mol. The molecule has 0 spiro atoms. The van der Waals surface area contributed by atoms with Crippen LogP contribution in [0.15, 0.2) is 47.6 Å². The maximum absolute atomic E-state index is 6.51. The molecule has 25 heavy (non-hydrogen) atoms. The summed E-state index contributed by atoms with van der Waals surface area (Å²) >= 11 is 0. The zero-order valence-electron chi connectivity index (χ0n) is 15.8. The minimum Gasteiger partial charge on any atom is -0.364 e. The highest BCUT2D eigenvalue weighted by molar-refractivity contribution is 5.46. The van der Waals surface area contributed by atoms with Crippen molar-refractivity contribution in [3.8, 4) is 0 Å². The summed E-state index contributed by atoms with van der Waals surface area (Å²) in [5.74, 6) is 1.16. The minimum atomic E-state index is 0.294. The van der Waals surface area contributed by atoms with Crippen LogP contribution in [0.1, 0.15) is 88.5 Å². The first kappa shape index (κ1) is 17.1. The summed E-state index contributed by atoms with van der Waals surface area (Å²) in [5, 5.41) is 0. The Morgan fingerprint density at radius 1 is 0.840 bits per heavy atom. The average Bonchev–Trinajstić information content (AvgIpc) is 3.20. The van der Waals surface area contributed by atoms with E-state index in [-0.39, 0.29) is 0 Å². The fraction of sp³-hybridized carbons (Fsp3) is 0.583. The van der Waals surface area contributed by atoms with Crippen molar-refractivity contribution in [1.82, 2.24) is 0 Å². The molecule has 3 aliphatic rings. The number of allylic oxidation sites excluding steroid dienone is 2. The third-order valence-electron chi connectivity index (χ3n) is 6.34. The van der Waals surface area contributed by atoms with Crippen LogP contribution in [-0.2, 0) is 4.74 Å². The highest BCUT2D eigenvalue weighted by Gasteiger charge is 2.53. The molecule has 1 aliphatic carbocycles. The van der Waals surface area contributed by atoms with E-state index in [1.807, 2.05) is 0 Å². The average molecular weight is 337 g/mol. The lowest BCUT2D eigenvalue weighted by molar-refractivity contribution is 0.0593. The number of fused-ring (bicyclic) bond motifs is 8. The molecule has 0 amide bonds. The molecule has 1 aromatic rings. The zero-order chi connectivity index (χ0) is 17.2. The van der Waals surface area contributed by atoms with E-state index in [4.69, 9.17) is 4.74 Å². The third-order valence-corrected chi connectivity index (χ3v) is 6.34. The predicted octanol–water partition coefficient (Wildman–Crippen LogP) is 7.07. The Kier molecular flexibility index (Phi) is 5.12. The van der Waals surface area contributed by atoms with Crippen molar-refractivity contribution < 1.29 is 4.74 Å². The van der Waals surface area contributed by atoms with Gasteiger partial charge in [-0.25, -0.2) is 0 Å². The van der Waals surface area contributed by atoms with Gasteiger partial charge in [0.15, 0.2) is 0 Å². The van der Waals surface area contributed by atoms with Crippen molar-refractivity contribution in [3.05, 3.63) is 58.7 Å². The van der Waals surface area contributed by atoms with Gasteiger partial charge in [0.1, 0.15) is 0 Å². The maximum Gasteiger partial charge on any atom is 0.0909 e. The molecule has 1 fully saturated rings. The molecule has 0 saturated carbocycles. The first-order valence-corrected chi connectivity index (χ1v) is 10.5. The van der Waals surface area contributed by atoms with Crippen LogP contribution in [0.4, 0.5) is 0 Å². The quantitative estimate of drug-likeness (QED) is 0.461. The van der Waals surface area contributed by atoms with Crippen LogP contribution in [0.25, 0.3) is 0 Å². The van der Waals surface area contributed by atoms with Crippen LogP contribution in [0.3, 0.4) is 0 Å². The summed E-state index contributed by atoms with van der Waals surface area (Å²) in [6.45, 7) is 4.59. The molecule has 2 bridgehead atoms. The Labute approximate surface area is 153 Å². The molecule has 1 nitrogen and oxygen atoms in total. The summed E-state index contributed by atoms with van der Waals surface area (Å²) in [4.78, 5) is 0. The minimum absolute atomic E-state index is 0.294. The number of benzene rings is 1. The summed E-state index contributed by atoms with van der Waals surface area (Å²) in [6, 6.07) is 8.92. The highest BCUT2D eigenvalue weighted by atomic mass is 16.5. The molecule has 1 heteroatoms. The molecule has 0 aromatic heterocycles. The lowest BCUT2D eigenvalue weighted by Gasteiger charge is -2.33. The van der Waals surface area contributed by atoms with Gasteiger partial charge in [0.05, 0.1) is 12.2 Å². The van der Waals surface area contributed by atoms with Gasteiger partial charge in [0, 0.05) is 11.8 Å². The molecule has 4 atom stereocenters. The van der Waals surface area contributed by atoms with Gasteiger partial charge >= 0.3 is 0 Å². The van der Waals surface area contributed by atoms with E-state index in [1.165, 1.54) is 62.5 Å². The van der Waals surface area contributed by atoms with E-state index in [1.54, 1.807) is 11.1 Å². The maximum atomic E-state index is 6.51. The Bertz CT molecular complexity index is 668. The summed E-state index contributed by atoms with van der Waals surface area (Å²) < 4.78 is 6.51. The van der Waals surface area contributed by atoms with Gasteiger partial charge < -0.3 is 4.74 Å². The molecule has 0 unspecified atom stereocenters. The highest BCUT2D eigenvalue weighted by Crippen LogP contribution is 2.61. The Balaban J connectivity index is 1.60. The van der Waals surface area contributed by atoms with Gasteiger partial charge in [-0.15, -0.1) is 0 Å². The summed E-state index contributed by atoms with van der Waals surface area (Å²) in [6.07, 6.45) is 16.2. The van der Waals surface area contributed by atoms with Crippen molar-refractivity contribution in [2.45, 2.75) is 77.4 Å². The van der Waals surface area contributed by atoms with E-state index in [9.17, 15) is 0 Å². The number of unbranched alkanes of at least 4 members (excludes halogenated alkanes) is 4. The second-order valence-corrected chi connectivity index (χ2v) is 8.08. The second-order valence-electron chi connectivity index (χ2n) is 8.08. The van der Waals surface area contributed by atoms with Gasteiger partial charge in [-0.3, -0.25) is 0 Å². The monoisotopic (exact) mass is 336 g/mol. The standard InChI is InChI=1S/C24H32O/c1-3-5-7-11-17-15-18(12-8-6-4-2)22-21(16-17)23-19-13-9-10-14-20(19)24(22)25-23/h9-10,13-16,21-24H,3-8,11-12H2,1-2H3/t21-,22+,23+,24-/m0/s1. The second kappa shape index (κ2) is 7.50. The topological polar surface area (TPSA) is 9.23 Å². The lowest BCUT2D eigenvalue weighted by atomic mass is 9.68. The van der Waals surface area contributed by atoms with Gasteiger partial charge in [-0.2, -0.15) is 0 Å². The van der Waals surface area contributed by atoms with Gasteiger partial charge in [0.25, 0.3) is 0 Å². The van der Waals surface area contributed by atoms with Crippen LogP contribution in [-0.4, -0.2) is 0 Å². The van der Waals surface area contributed by atoms with Gasteiger partial charge in [0.2, 0.25) is 0 Å². The first-order chi connectivity index (χ1) is 12.3. The first-order valence-electron chi connectivity index (χ1n) is 10.5. The smallest absolute Gasteiger partial charge is 0.0909 e. The van der Waals surface area contributed by atoms with Crippen molar-refractivity contribution in [2.24, 2.45) is 11.8 Å². The van der Waals surface area contributed by atoms with Crippen LogP contribution in [0, 0.1) is 11.8 Å².